The SMILES string of the molecule is CC(C)[Si](O)(c1ccc(CCO)cc1)C(C)C. The molecular weight excluding hydrogens is 228 g/mol. The maximum absolute atomic E-state index is 10.9. The molecule has 0 saturated heterocycles. The smallest absolute Gasteiger partial charge is 0.225 e. The summed E-state index contributed by atoms with van der Waals surface area (Å²) in [4.78, 5) is 10.9. The Kier molecular flexibility index (Phi) is 4.92. The minimum Gasteiger partial charge on any atom is -0.427 e. The van der Waals surface area contributed by atoms with Crippen LogP contribution in [0.1, 0.15) is 33.3 Å². The molecule has 0 aromatic heterocycles. The maximum Gasteiger partial charge on any atom is 0.225 e. The molecule has 0 unspecified atom stereocenters. The molecule has 96 valence electrons. The summed E-state index contributed by atoms with van der Waals surface area (Å²) < 4.78 is 0. The van der Waals surface area contributed by atoms with Crippen LogP contribution in [0.15, 0.2) is 24.3 Å². The summed E-state index contributed by atoms with van der Waals surface area (Å²) in [5.74, 6) is 0. The summed E-state index contributed by atoms with van der Waals surface area (Å²) in [5, 5.41) is 9.99. The number of hydrogen-bond donors (Lipinski definition) is 2. The topological polar surface area (TPSA) is 40.5 Å². The van der Waals surface area contributed by atoms with E-state index in [0.717, 1.165) is 10.8 Å². The van der Waals surface area contributed by atoms with Crippen LogP contribution in [0.3, 0.4) is 0 Å². The third kappa shape index (κ3) is 2.97. The van der Waals surface area contributed by atoms with Crippen molar-refractivity contribution < 1.29 is 9.90 Å². The monoisotopic (exact) mass is 252 g/mol. The summed E-state index contributed by atoms with van der Waals surface area (Å²) >= 11 is 0. The fourth-order valence-electron chi connectivity index (χ4n) is 2.40. The van der Waals surface area contributed by atoms with Crippen molar-refractivity contribution in [2.75, 3.05) is 6.61 Å². The third-order valence-corrected chi connectivity index (χ3v) is 8.36. The number of aliphatic hydroxyl groups excluding tert-OH is 1. The Labute approximate surface area is 105 Å². The van der Waals surface area contributed by atoms with Gasteiger partial charge >= 0.3 is 0 Å². The molecule has 0 aliphatic heterocycles. The molecule has 2 nitrogen and oxygen atoms in total. The molecular formula is C14H24O2Si. The Morgan fingerprint density at radius 2 is 1.47 bits per heavy atom. The highest BCUT2D eigenvalue weighted by molar-refractivity contribution is 6.87. The highest BCUT2D eigenvalue weighted by Gasteiger charge is 2.40. The van der Waals surface area contributed by atoms with Gasteiger partial charge in [0.15, 0.2) is 0 Å². The van der Waals surface area contributed by atoms with Gasteiger partial charge in [-0.1, -0.05) is 52.0 Å². The van der Waals surface area contributed by atoms with Gasteiger partial charge in [0.1, 0.15) is 0 Å². The fourth-order valence-corrected chi connectivity index (χ4v) is 5.77. The predicted molar refractivity (Wildman–Crippen MR) is 75.0 cm³/mol. The standard InChI is InChI=1S/C14H24O2Si/c1-11(2)17(16,12(3)4)14-7-5-13(6-8-14)9-10-15/h5-8,11-12,15-16H,9-10H2,1-4H3. The Balaban J connectivity index is 3.04. The van der Waals surface area contributed by atoms with Crippen LogP contribution in [-0.2, 0) is 6.42 Å². The van der Waals surface area contributed by atoms with E-state index in [4.69, 9.17) is 5.11 Å². The van der Waals surface area contributed by atoms with Crippen molar-refractivity contribution in [2.45, 2.75) is 45.2 Å². The fraction of sp³-hybridized carbons (Fsp3) is 0.571. The van der Waals surface area contributed by atoms with Gasteiger partial charge in [-0.2, -0.15) is 0 Å². The second kappa shape index (κ2) is 5.80. The van der Waals surface area contributed by atoms with Gasteiger partial charge in [0.05, 0.1) is 0 Å². The van der Waals surface area contributed by atoms with Crippen LogP contribution in [0.5, 0.6) is 0 Å². The lowest BCUT2D eigenvalue weighted by Crippen LogP contribution is -2.53. The van der Waals surface area contributed by atoms with Gasteiger partial charge in [0.2, 0.25) is 8.32 Å². The zero-order valence-electron chi connectivity index (χ0n) is 11.3. The first-order valence-electron chi connectivity index (χ1n) is 6.35. The normalized spacial score (nSPS) is 12.5. The molecule has 0 aliphatic carbocycles. The summed E-state index contributed by atoms with van der Waals surface area (Å²) in [6, 6.07) is 8.12. The summed E-state index contributed by atoms with van der Waals surface area (Å²) in [6.45, 7) is 8.60. The van der Waals surface area contributed by atoms with Crippen LogP contribution >= 0.6 is 0 Å². The molecule has 0 bridgehead atoms. The van der Waals surface area contributed by atoms with Crippen molar-refractivity contribution in [3.05, 3.63) is 29.8 Å². The molecule has 0 amide bonds. The van der Waals surface area contributed by atoms with Gasteiger partial charge in [0.25, 0.3) is 0 Å². The average Bonchev–Trinajstić information content (AvgIpc) is 2.28. The molecule has 1 aromatic carbocycles. The molecule has 1 aromatic rings. The Morgan fingerprint density at radius 1 is 1.00 bits per heavy atom. The molecule has 1 rings (SSSR count). The summed E-state index contributed by atoms with van der Waals surface area (Å²) in [5.41, 5.74) is 1.75. The van der Waals surface area contributed by atoms with Crippen LogP contribution in [0, 0.1) is 0 Å². The molecule has 0 aliphatic rings. The van der Waals surface area contributed by atoms with Crippen LogP contribution in [0.4, 0.5) is 0 Å². The van der Waals surface area contributed by atoms with Gasteiger partial charge in [0, 0.05) is 6.61 Å². The molecule has 0 fully saturated rings. The van der Waals surface area contributed by atoms with Crippen molar-refractivity contribution in [1.29, 1.82) is 0 Å². The second-order valence-electron chi connectivity index (χ2n) is 5.31. The zero-order valence-corrected chi connectivity index (χ0v) is 12.3. The second-order valence-corrected chi connectivity index (χ2v) is 9.84. The minimum absolute atomic E-state index is 0.176. The van der Waals surface area contributed by atoms with Crippen molar-refractivity contribution in [1.82, 2.24) is 0 Å². The van der Waals surface area contributed by atoms with E-state index in [1.165, 1.54) is 0 Å². The molecule has 0 saturated carbocycles. The predicted octanol–water partition coefficient (Wildman–Crippen LogP) is 2.19. The molecule has 0 heterocycles. The van der Waals surface area contributed by atoms with E-state index in [2.05, 4.69) is 27.7 Å². The molecule has 17 heavy (non-hydrogen) atoms. The van der Waals surface area contributed by atoms with Gasteiger partial charge in [-0.05, 0) is 28.3 Å². The largest absolute Gasteiger partial charge is 0.427 e. The van der Waals surface area contributed by atoms with E-state index in [0.29, 0.717) is 17.5 Å². The first-order valence-corrected chi connectivity index (χ1v) is 8.45. The van der Waals surface area contributed by atoms with Crippen LogP contribution < -0.4 is 5.19 Å². The molecule has 0 spiro atoms. The maximum atomic E-state index is 10.9. The number of aliphatic hydroxyl groups is 1. The lowest BCUT2D eigenvalue weighted by Gasteiger charge is -2.33. The van der Waals surface area contributed by atoms with Crippen LogP contribution in [0.2, 0.25) is 11.1 Å². The number of benzene rings is 1. The van der Waals surface area contributed by atoms with E-state index >= 15 is 0 Å². The van der Waals surface area contributed by atoms with Crippen molar-refractivity contribution in [3.63, 3.8) is 0 Å². The third-order valence-electron chi connectivity index (χ3n) is 3.58. The molecule has 3 heteroatoms. The number of rotatable bonds is 5. The molecule has 0 atom stereocenters. The van der Waals surface area contributed by atoms with Crippen molar-refractivity contribution in [3.8, 4) is 0 Å². The summed E-state index contributed by atoms with van der Waals surface area (Å²) in [7, 11) is -2.39. The van der Waals surface area contributed by atoms with E-state index in [1.807, 2.05) is 24.3 Å². The van der Waals surface area contributed by atoms with E-state index in [-0.39, 0.29) is 6.61 Å². The Bertz CT molecular complexity index is 336. The van der Waals surface area contributed by atoms with Gasteiger partial charge < -0.3 is 9.90 Å². The Morgan fingerprint density at radius 3 is 1.82 bits per heavy atom. The van der Waals surface area contributed by atoms with E-state index in [9.17, 15) is 4.80 Å². The minimum atomic E-state index is -2.39. The quantitative estimate of drug-likeness (QED) is 0.789. The van der Waals surface area contributed by atoms with Crippen molar-refractivity contribution in [2.24, 2.45) is 0 Å². The first-order chi connectivity index (χ1) is 7.92. The van der Waals surface area contributed by atoms with Crippen molar-refractivity contribution >= 4 is 13.5 Å². The lowest BCUT2D eigenvalue weighted by molar-refractivity contribution is 0.299. The van der Waals surface area contributed by atoms with Gasteiger partial charge in [-0.3, -0.25) is 0 Å². The van der Waals surface area contributed by atoms with Gasteiger partial charge in [-0.25, -0.2) is 0 Å². The highest BCUT2D eigenvalue weighted by Crippen LogP contribution is 2.29. The lowest BCUT2D eigenvalue weighted by atomic mass is 10.2. The van der Waals surface area contributed by atoms with Gasteiger partial charge in [-0.15, -0.1) is 0 Å². The average molecular weight is 252 g/mol. The van der Waals surface area contributed by atoms with Crippen LogP contribution in [0.25, 0.3) is 0 Å². The summed E-state index contributed by atoms with van der Waals surface area (Å²) in [6.07, 6.45) is 0.684. The van der Waals surface area contributed by atoms with E-state index in [1.54, 1.807) is 0 Å². The van der Waals surface area contributed by atoms with E-state index < -0.39 is 8.32 Å². The number of hydrogen-bond acceptors (Lipinski definition) is 2. The molecule has 0 radical (unpaired) electrons. The van der Waals surface area contributed by atoms with Crippen LogP contribution in [-0.4, -0.2) is 24.8 Å². The molecule has 2 N–H and O–H groups in total. The first kappa shape index (κ1) is 14.4. The Hall–Kier alpha value is -0.643. The highest BCUT2D eigenvalue weighted by atomic mass is 28.4. The zero-order chi connectivity index (χ0) is 13.1.